The number of pyridine rings is 1. The minimum absolute atomic E-state index is 0.0721. The summed E-state index contributed by atoms with van der Waals surface area (Å²) in [5.41, 5.74) is 0.749. The molecule has 2 nitrogen and oxygen atoms in total. The molecule has 0 aliphatic carbocycles. The summed E-state index contributed by atoms with van der Waals surface area (Å²) in [4.78, 5) is 4.06. The zero-order chi connectivity index (χ0) is 8.55. The molecule has 1 N–H and O–H groups in total. The molecule has 0 saturated heterocycles. The van der Waals surface area contributed by atoms with Gasteiger partial charge < -0.3 is 5.11 Å². The Labute approximate surface area is 74.4 Å². The smallest absolute Gasteiger partial charge is 0.136 e. The Morgan fingerprint density at radius 1 is 1.33 bits per heavy atom. The van der Waals surface area contributed by atoms with Crippen molar-refractivity contribution in [1.29, 1.82) is 0 Å². The minimum Gasteiger partial charge on any atom is -0.506 e. The van der Waals surface area contributed by atoms with Crippen LogP contribution >= 0.6 is 11.6 Å². The van der Waals surface area contributed by atoms with E-state index in [9.17, 15) is 5.11 Å². The number of halogens is 1. The van der Waals surface area contributed by atoms with Gasteiger partial charge in [-0.3, -0.25) is 4.98 Å². The van der Waals surface area contributed by atoms with Crippen molar-refractivity contribution in [2.75, 3.05) is 0 Å². The molecule has 12 heavy (non-hydrogen) atoms. The quantitative estimate of drug-likeness (QED) is 0.675. The summed E-state index contributed by atoms with van der Waals surface area (Å²) in [7, 11) is 0. The van der Waals surface area contributed by atoms with Crippen LogP contribution in [0.1, 0.15) is 0 Å². The third kappa shape index (κ3) is 1.10. The summed E-state index contributed by atoms with van der Waals surface area (Å²) >= 11 is 5.71. The number of phenols is 1. The number of hydrogen-bond acceptors (Lipinski definition) is 2. The van der Waals surface area contributed by atoms with E-state index in [1.807, 2.05) is 12.1 Å². The van der Waals surface area contributed by atoms with E-state index in [0.29, 0.717) is 5.02 Å². The lowest BCUT2D eigenvalue weighted by molar-refractivity contribution is 0.476. The van der Waals surface area contributed by atoms with Gasteiger partial charge in [0.25, 0.3) is 0 Å². The molecule has 2 rings (SSSR count). The molecule has 0 fully saturated rings. The van der Waals surface area contributed by atoms with Crippen LogP contribution in [0.15, 0.2) is 30.5 Å². The summed E-state index contributed by atoms with van der Waals surface area (Å²) in [6, 6.07) is 6.97. The van der Waals surface area contributed by atoms with Crippen LogP contribution < -0.4 is 0 Å². The highest BCUT2D eigenvalue weighted by Crippen LogP contribution is 2.27. The van der Waals surface area contributed by atoms with E-state index < -0.39 is 0 Å². The average molecular weight is 180 g/mol. The molecule has 0 spiro atoms. The number of aromatic nitrogens is 1. The molecular formula is C9H6ClNO. The van der Waals surface area contributed by atoms with Crippen LogP contribution in [-0.4, -0.2) is 10.1 Å². The van der Waals surface area contributed by atoms with Crippen LogP contribution in [0.25, 0.3) is 10.9 Å². The number of fused-ring (bicyclic) bond motifs is 1. The predicted molar refractivity (Wildman–Crippen MR) is 48.4 cm³/mol. The fourth-order valence-corrected chi connectivity index (χ4v) is 1.25. The second-order valence-corrected chi connectivity index (χ2v) is 2.91. The molecule has 0 aliphatic rings. The van der Waals surface area contributed by atoms with Crippen molar-refractivity contribution in [3.05, 3.63) is 35.5 Å². The monoisotopic (exact) mass is 179 g/mol. The molecule has 0 saturated carbocycles. The molecule has 0 bridgehead atoms. The number of phenolic OH excluding ortho intramolecular Hbond substituents is 1. The first-order chi connectivity index (χ1) is 5.77. The van der Waals surface area contributed by atoms with Gasteiger partial charge in [-0.1, -0.05) is 17.7 Å². The molecule has 0 amide bonds. The maximum Gasteiger partial charge on any atom is 0.136 e. The molecular weight excluding hydrogens is 174 g/mol. The number of rotatable bonds is 0. The molecule has 1 aromatic carbocycles. The lowest BCUT2D eigenvalue weighted by atomic mass is 10.2. The Bertz CT molecular complexity index is 387. The highest BCUT2D eigenvalue weighted by atomic mass is 35.5. The summed E-state index contributed by atoms with van der Waals surface area (Å²) in [5.74, 6) is 0.0721. The molecule has 3 heteroatoms. The highest BCUT2D eigenvalue weighted by Gasteiger charge is 2.00. The minimum atomic E-state index is 0.0721. The molecule has 0 radical (unpaired) electrons. The second-order valence-electron chi connectivity index (χ2n) is 2.50. The number of nitrogens with zero attached hydrogens (tertiary/aromatic N) is 1. The van der Waals surface area contributed by atoms with Gasteiger partial charge in [0, 0.05) is 17.6 Å². The van der Waals surface area contributed by atoms with Gasteiger partial charge >= 0.3 is 0 Å². The fourth-order valence-electron chi connectivity index (χ4n) is 1.08. The summed E-state index contributed by atoms with van der Waals surface area (Å²) < 4.78 is 0. The number of hydrogen-bond donors (Lipinski definition) is 1. The predicted octanol–water partition coefficient (Wildman–Crippen LogP) is 2.59. The van der Waals surface area contributed by atoms with E-state index in [1.165, 1.54) is 0 Å². The van der Waals surface area contributed by atoms with Crippen molar-refractivity contribution in [3.63, 3.8) is 0 Å². The normalized spacial score (nSPS) is 10.4. The molecule has 0 atom stereocenters. The van der Waals surface area contributed by atoms with E-state index in [-0.39, 0.29) is 5.75 Å². The molecule has 1 heterocycles. The number of benzene rings is 1. The van der Waals surface area contributed by atoms with E-state index in [1.54, 1.807) is 18.3 Å². The molecule has 0 unspecified atom stereocenters. The van der Waals surface area contributed by atoms with Crippen molar-refractivity contribution >= 4 is 22.5 Å². The van der Waals surface area contributed by atoms with Crippen molar-refractivity contribution in [2.45, 2.75) is 0 Å². The summed E-state index contributed by atoms with van der Waals surface area (Å²) in [6.07, 6.45) is 1.68. The summed E-state index contributed by atoms with van der Waals surface area (Å²) in [5, 5.41) is 10.5. The second kappa shape index (κ2) is 2.64. The van der Waals surface area contributed by atoms with Crippen molar-refractivity contribution in [1.82, 2.24) is 4.98 Å². The molecule has 0 aliphatic heterocycles. The third-order valence-corrected chi connectivity index (χ3v) is 1.97. The first-order valence-electron chi connectivity index (χ1n) is 3.50. The Hall–Kier alpha value is -1.28. The Morgan fingerprint density at radius 2 is 2.17 bits per heavy atom. The van der Waals surface area contributed by atoms with E-state index in [0.717, 1.165) is 10.9 Å². The van der Waals surface area contributed by atoms with Crippen LogP contribution in [0.4, 0.5) is 0 Å². The Morgan fingerprint density at radius 3 is 3.00 bits per heavy atom. The first kappa shape index (κ1) is 7.37. The largest absolute Gasteiger partial charge is 0.506 e. The van der Waals surface area contributed by atoms with E-state index in [2.05, 4.69) is 4.98 Å². The zero-order valence-corrected chi connectivity index (χ0v) is 6.92. The Kier molecular flexibility index (Phi) is 1.62. The zero-order valence-electron chi connectivity index (χ0n) is 6.16. The SMILES string of the molecule is Oc1cc2ncccc2cc1Cl. The third-order valence-electron chi connectivity index (χ3n) is 1.67. The van der Waals surface area contributed by atoms with Crippen LogP contribution in [-0.2, 0) is 0 Å². The lowest BCUT2D eigenvalue weighted by Gasteiger charge is -1.98. The average Bonchev–Trinajstić information content (AvgIpc) is 2.07. The topological polar surface area (TPSA) is 33.1 Å². The highest BCUT2D eigenvalue weighted by molar-refractivity contribution is 6.32. The Balaban J connectivity index is 2.84. The number of aromatic hydroxyl groups is 1. The standard InChI is InChI=1S/C9H6ClNO/c10-7-4-6-2-1-3-11-8(6)5-9(7)12/h1-5,12H. The molecule has 1 aromatic heterocycles. The fraction of sp³-hybridized carbons (Fsp3) is 0. The van der Waals surface area contributed by atoms with Gasteiger partial charge in [-0.15, -0.1) is 0 Å². The van der Waals surface area contributed by atoms with Gasteiger partial charge in [0.2, 0.25) is 0 Å². The van der Waals surface area contributed by atoms with Crippen molar-refractivity contribution < 1.29 is 5.11 Å². The van der Waals surface area contributed by atoms with E-state index >= 15 is 0 Å². The van der Waals surface area contributed by atoms with Gasteiger partial charge in [0.15, 0.2) is 0 Å². The van der Waals surface area contributed by atoms with Crippen LogP contribution in [0.3, 0.4) is 0 Å². The lowest BCUT2D eigenvalue weighted by Crippen LogP contribution is -1.77. The van der Waals surface area contributed by atoms with Gasteiger partial charge in [-0.2, -0.15) is 0 Å². The van der Waals surface area contributed by atoms with E-state index in [4.69, 9.17) is 11.6 Å². The van der Waals surface area contributed by atoms with Crippen molar-refractivity contribution in [2.24, 2.45) is 0 Å². The maximum atomic E-state index is 9.25. The van der Waals surface area contributed by atoms with Gasteiger partial charge in [-0.05, 0) is 12.1 Å². The molecule has 2 aromatic rings. The van der Waals surface area contributed by atoms with Crippen LogP contribution in [0.2, 0.25) is 5.02 Å². The first-order valence-corrected chi connectivity index (χ1v) is 3.88. The van der Waals surface area contributed by atoms with Crippen LogP contribution in [0, 0.1) is 0 Å². The van der Waals surface area contributed by atoms with Crippen molar-refractivity contribution in [3.8, 4) is 5.75 Å². The summed E-state index contributed by atoms with van der Waals surface area (Å²) in [6.45, 7) is 0. The van der Waals surface area contributed by atoms with Gasteiger partial charge in [-0.25, -0.2) is 0 Å². The molecule has 60 valence electrons. The van der Waals surface area contributed by atoms with Gasteiger partial charge in [0.1, 0.15) is 5.75 Å². The maximum absolute atomic E-state index is 9.25. The van der Waals surface area contributed by atoms with Gasteiger partial charge in [0.05, 0.1) is 10.5 Å². The van der Waals surface area contributed by atoms with Crippen LogP contribution in [0.5, 0.6) is 5.75 Å².